The summed E-state index contributed by atoms with van der Waals surface area (Å²) >= 11 is 1.82. The molecule has 0 radical (unpaired) electrons. The van der Waals surface area contributed by atoms with E-state index >= 15 is 0 Å². The molecule has 0 amide bonds. The van der Waals surface area contributed by atoms with Crippen LogP contribution < -0.4 is 5.32 Å². The molecule has 5 rings (SSSR count). The van der Waals surface area contributed by atoms with Crippen LogP contribution in [-0.2, 0) is 24.6 Å². The third-order valence-electron chi connectivity index (χ3n) is 4.97. The average Bonchev–Trinajstić information content (AvgIpc) is 3.30. The van der Waals surface area contributed by atoms with Crippen LogP contribution in [0.25, 0.3) is 10.2 Å². The lowest BCUT2D eigenvalue weighted by molar-refractivity contribution is 0.107. The van der Waals surface area contributed by atoms with Gasteiger partial charge in [-0.15, -0.1) is 11.3 Å². The minimum Gasteiger partial charge on any atom is -0.371 e. The van der Waals surface area contributed by atoms with Crippen molar-refractivity contribution in [1.82, 2.24) is 19.7 Å². The Morgan fingerprint density at radius 2 is 2.29 bits per heavy atom. The second-order valence-corrected chi connectivity index (χ2v) is 7.62. The van der Waals surface area contributed by atoms with Crippen LogP contribution in [0.4, 0.5) is 5.82 Å². The first kappa shape index (κ1) is 14.4. The Morgan fingerprint density at radius 1 is 1.33 bits per heavy atom. The number of nitrogens with zero attached hydrogens (tertiary/aromatic N) is 4. The summed E-state index contributed by atoms with van der Waals surface area (Å²) in [6.45, 7) is 0.757. The van der Waals surface area contributed by atoms with E-state index in [4.69, 9.17) is 4.74 Å². The molecule has 24 heavy (non-hydrogen) atoms. The summed E-state index contributed by atoms with van der Waals surface area (Å²) in [6, 6.07) is 0.212. The molecule has 2 aliphatic rings. The van der Waals surface area contributed by atoms with Crippen molar-refractivity contribution in [1.29, 1.82) is 0 Å². The summed E-state index contributed by atoms with van der Waals surface area (Å²) in [6.07, 6.45) is 10.2. The van der Waals surface area contributed by atoms with Crippen molar-refractivity contribution in [2.75, 3.05) is 11.9 Å². The smallest absolute Gasteiger partial charge is 0.138 e. The lowest BCUT2D eigenvalue weighted by Gasteiger charge is -2.20. The average molecular weight is 341 g/mol. The zero-order chi connectivity index (χ0) is 16.1. The van der Waals surface area contributed by atoms with Crippen LogP contribution in [0.3, 0.4) is 0 Å². The fourth-order valence-corrected chi connectivity index (χ4v) is 5.10. The van der Waals surface area contributed by atoms with Gasteiger partial charge < -0.3 is 10.1 Å². The van der Waals surface area contributed by atoms with Crippen LogP contribution in [0.2, 0.25) is 0 Å². The van der Waals surface area contributed by atoms with Gasteiger partial charge in [0.2, 0.25) is 0 Å². The van der Waals surface area contributed by atoms with Gasteiger partial charge in [-0.05, 0) is 31.2 Å². The zero-order valence-electron chi connectivity index (χ0n) is 13.5. The van der Waals surface area contributed by atoms with Gasteiger partial charge in [0.25, 0.3) is 0 Å². The number of hydrogen-bond donors (Lipinski definition) is 1. The van der Waals surface area contributed by atoms with E-state index in [0.717, 1.165) is 35.7 Å². The molecule has 1 N–H and O–H groups in total. The van der Waals surface area contributed by atoms with Gasteiger partial charge in [-0.3, -0.25) is 4.68 Å². The maximum atomic E-state index is 5.97. The van der Waals surface area contributed by atoms with Crippen LogP contribution in [0.5, 0.6) is 0 Å². The molecule has 4 heterocycles. The number of aryl methyl sites for hydroxylation is 3. The lowest BCUT2D eigenvalue weighted by Crippen LogP contribution is -2.23. The van der Waals surface area contributed by atoms with Crippen molar-refractivity contribution in [2.24, 2.45) is 7.05 Å². The Hall–Kier alpha value is -1.99. The highest BCUT2D eigenvalue weighted by Gasteiger charge is 2.32. The number of hydrogen-bond acceptors (Lipinski definition) is 6. The quantitative estimate of drug-likeness (QED) is 0.793. The summed E-state index contributed by atoms with van der Waals surface area (Å²) in [5.41, 5.74) is 2.57. The molecule has 1 aliphatic carbocycles. The molecule has 1 fully saturated rings. The van der Waals surface area contributed by atoms with Crippen molar-refractivity contribution < 1.29 is 4.74 Å². The van der Waals surface area contributed by atoms with E-state index in [1.165, 1.54) is 28.7 Å². The normalized spacial score (nSPS) is 23.0. The SMILES string of the molecule is Cn1cc([C@H]2OCC[C@@H]2Nc2ncnc3sc4c(c23)CCC4)cn1. The number of rotatable bonds is 3. The topological polar surface area (TPSA) is 64.9 Å². The molecule has 2 atom stereocenters. The highest BCUT2D eigenvalue weighted by molar-refractivity contribution is 7.19. The molecule has 124 valence electrons. The number of anilines is 1. The third-order valence-corrected chi connectivity index (χ3v) is 6.17. The van der Waals surface area contributed by atoms with Gasteiger partial charge in [0.1, 0.15) is 23.1 Å². The van der Waals surface area contributed by atoms with Crippen LogP contribution in [0.1, 0.15) is 34.9 Å². The van der Waals surface area contributed by atoms with Crippen molar-refractivity contribution in [3.8, 4) is 0 Å². The Kier molecular flexibility index (Phi) is 3.31. The second-order valence-electron chi connectivity index (χ2n) is 6.54. The first-order chi connectivity index (χ1) is 11.8. The van der Waals surface area contributed by atoms with Gasteiger partial charge in [0, 0.05) is 30.3 Å². The molecule has 0 saturated carbocycles. The highest BCUT2D eigenvalue weighted by Crippen LogP contribution is 2.40. The number of nitrogens with one attached hydrogen (secondary N) is 1. The van der Waals surface area contributed by atoms with E-state index in [0.29, 0.717) is 0 Å². The highest BCUT2D eigenvalue weighted by atomic mass is 32.1. The Bertz CT molecular complexity index is 902. The van der Waals surface area contributed by atoms with Crippen LogP contribution in [0, 0.1) is 0 Å². The molecule has 7 heteroatoms. The Balaban J connectivity index is 1.50. The largest absolute Gasteiger partial charge is 0.371 e. The summed E-state index contributed by atoms with van der Waals surface area (Å²) in [5, 5.41) is 9.16. The first-order valence-corrected chi connectivity index (χ1v) is 9.23. The van der Waals surface area contributed by atoms with E-state index in [1.807, 2.05) is 35.5 Å². The van der Waals surface area contributed by atoms with E-state index in [1.54, 1.807) is 6.33 Å². The van der Waals surface area contributed by atoms with Crippen LogP contribution >= 0.6 is 11.3 Å². The monoisotopic (exact) mass is 341 g/mol. The van der Waals surface area contributed by atoms with Gasteiger partial charge in [-0.25, -0.2) is 9.97 Å². The van der Waals surface area contributed by atoms with Crippen molar-refractivity contribution in [2.45, 2.75) is 37.8 Å². The molecule has 6 nitrogen and oxygen atoms in total. The lowest BCUT2D eigenvalue weighted by atomic mass is 10.1. The Labute approximate surface area is 143 Å². The van der Waals surface area contributed by atoms with Gasteiger partial charge in [0.15, 0.2) is 0 Å². The molecular weight excluding hydrogens is 322 g/mol. The molecule has 0 aromatic carbocycles. The van der Waals surface area contributed by atoms with E-state index < -0.39 is 0 Å². The molecule has 3 aromatic heterocycles. The maximum absolute atomic E-state index is 5.97. The minimum absolute atomic E-state index is 0.0235. The molecule has 0 bridgehead atoms. The number of aromatic nitrogens is 4. The van der Waals surface area contributed by atoms with E-state index in [-0.39, 0.29) is 12.1 Å². The van der Waals surface area contributed by atoms with Crippen molar-refractivity contribution >= 4 is 27.4 Å². The second kappa shape index (κ2) is 5.53. The summed E-state index contributed by atoms with van der Waals surface area (Å²) in [5.74, 6) is 0.962. The van der Waals surface area contributed by atoms with Crippen molar-refractivity contribution in [3.05, 3.63) is 34.7 Å². The summed E-state index contributed by atoms with van der Waals surface area (Å²) in [7, 11) is 1.93. The van der Waals surface area contributed by atoms with E-state index in [2.05, 4.69) is 20.4 Å². The molecular formula is C17H19N5OS. The molecule has 1 saturated heterocycles. The number of thiophene rings is 1. The predicted molar refractivity (Wildman–Crippen MR) is 93.4 cm³/mol. The van der Waals surface area contributed by atoms with Gasteiger partial charge in [0.05, 0.1) is 17.6 Å². The number of ether oxygens (including phenoxy) is 1. The fraction of sp³-hybridized carbons (Fsp3) is 0.471. The Morgan fingerprint density at radius 3 is 3.17 bits per heavy atom. The molecule has 0 unspecified atom stereocenters. The summed E-state index contributed by atoms with van der Waals surface area (Å²) in [4.78, 5) is 11.6. The molecule has 0 spiro atoms. The standard InChI is InChI=1S/C17H19N5OS/c1-22-8-10(7-20-22)15-12(5-6-23-15)21-16-14-11-3-2-4-13(11)24-17(14)19-9-18-16/h7-9,12,15H,2-6H2,1H3,(H,18,19,21)/t12-,15+/m0/s1. The van der Waals surface area contributed by atoms with Crippen LogP contribution in [-0.4, -0.2) is 32.4 Å². The van der Waals surface area contributed by atoms with Gasteiger partial charge in [-0.1, -0.05) is 0 Å². The first-order valence-electron chi connectivity index (χ1n) is 8.41. The van der Waals surface area contributed by atoms with E-state index in [9.17, 15) is 0 Å². The maximum Gasteiger partial charge on any atom is 0.138 e. The fourth-order valence-electron chi connectivity index (χ4n) is 3.87. The molecule has 3 aromatic rings. The predicted octanol–water partition coefficient (Wildman–Crippen LogP) is 2.86. The van der Waals surface area contributed by atoms with Gasteiger partial charge in [-0.2, -0.15) is 5.10 Å². The number of fused-ring (bicyclic) bond motifs is 3. The van der Waals surface area contributed by atoms with Crippen LogP contribution in [0.15, 0.2) is 18.7 Å². The van der Waals surface area contributed by atoms with Gasteiger partial charge >= 0.3 is 0 Å². The zero-order valence-corrected chi connectivity index (χ0v) is 14.3. The summed E-state index contributed by atoms with van der Waals surface area (Å²) < 4.78 is 7.79. The molecule has 1 aliphatic heterocycles. The van der Waals surface area contributed by atoms with Crippen molar-refractivity contribution in [3.63, 3.8) is 0 Å². The third kappa shape index (κ3) is 2.22. The minimum atomic E-state index is 0.0235.